The highest BCUT2D eigenvalue weighted by atomic mass is 16.5. The van der Waals surface area contributed by atoms with E-state index in [0.717, 1.165) is 22.8 Å². The maximum Gasteiger partial charge on any atom is 0.260 e. The number of anilines is 1. The van der Waals surface area contributed by atoms with Gasteiger partial charge in [-0.15, -0.1) is 10.2 Å². The van der Waals surface area contributed by atoms with Crippen LogP contribution < -0.4 is 14.4 Å². The van der Waals surface area contributed by atoms with Crippen LogP contribution in [0.5, 0.6) is 11.5 Å². The number of benzene rings is 2. The highest BCUT2D eigenvalue weighted by Gasteiger charge is 2.22. The van der Waals surface area contributed by atoms with Crippen LogP contribution in [-0.4, -0.2) is 60.4 Å². The fourth-order valence-corrected chi connectivity index (χ4v) is 3.96. The average molecular weight is 447 g/mol. The van der Waals surface area contributed by atoms with Crippen molar-refractivity contribution in [2.24, 2.45) is 0 Å². The van der Waals surface area contributed by atoms with Crippen LogP contribution in [0.15, 0.2) is 54.6 Å². The summed E-state index contributed by atoms with van der Waals surface area (Å²) in [5, 5.41) is 8.89. The molecule has 1 saturated heterocycles. The molecule has 3 aromatic rings. The number of rotatable bonds is 7. The third-order valence-electron chi connectivity index (χ3n) is 5.76. The van der Waals surface area contributed by atoms with E-state index in [4.69, 9.17) is 9.47 Å². The molecule has 2 aromatic carbocycles. The van der Waals surface area contributed by atoms with Crippen LogP contribution >= 0.6 is 0 Å². The highest BCUT2D eigenvalue weighted by molar-refractivity contribution is 5.78. The molecule has 2 heterocycles. The second-order valence-corrected chi connectivity index (χ2v) is 8.16. The van der Waals surface area contributed by atoms with Crippen LogP contribution in [0.1, 0.15) is 18.1 Å². The summed E-state index contributed by atoms with van der Waals surface area (Å²) in [6, 6.07) is 17.7. The van der Waals surface area contributed by atoms with Crippen LogP contribution in [0, 0.1) is 13.8 Å². The van der Waals surface area contributed by atoms with Gasteiger partial charge in [0.05, 0.1) is 12.3 Å². The molecule has 0 unspecified atom stereocenters. The minimum absolute atomic E-state index is 0.0141. The third-order valence-corrected chi connectivity index (χ3v) is 5.76. The van der Waals surface area contributed by atoms with Crippen molar-refractivity contribution in [1.29, 1.82) is 0 Å². The van der Waals surface area contributed by atoms with Gasteiger partial charge in [-0.2, -0.15) is 0 Å². The Bertz CT molecular complexity index is 1080. The quantitative estimate of drug-likeness (QED) is 0.549. The minimum Gasteiger partial charge on any atom is -0.494 e. The summed E-state index contributed by atoms with van der Waals surface area (Å²) in [5.41, 5.74) is 4.40. The van der Waals surface area contributed by atoms with Gasteiger partial charge in [-0.3, -0.25) is 4.79 Å². The first-order valence-electron chi connectivity index (χ1n) is 11.3. The van der Waals surface area contributed by atoms with Gasteiger partial charge in [-0.05, 0) is 62.7 Å². The second-order valence-electron chi connectivity index (χ2n) is 8.16. The van der Waals surface area contributed by atoms with E-state index in [0.29, 0.717) is 38.5 Å². The van der Waals surface area contributed by atoms with E-state index >= 15 is 0 Å². The molecule has 0 radical (unpaired) electrons. The number of aromatic nitrogens is 2. The SMILES string of the molecule is CCOc1ccc(OCC(=O)N2CCN(c3ccc(-c4ccc(C)cc4C)nn3)CC2)cc1. The van der Waals surface area contributed by atoms with Crippen molar-refractivity contribution in [3.8, 4) is 22.8 Å². The Kier molecular flexibility index (Phi) is 7.07. The number of aryl methyl sites for hydroxylation is 2. The number of piperazine rings is 1. The van der Waals surface area contributed by atoms with Gasteiger partial charge in [0.15, 0.2) is 12.4 Å². The molecule has 0 spiro atoms. The maximum atomic E-state index is 12.6. The Balaban J connectivity index is 1.28. The normalized spacial score (nSPS) is 13.7. The lowest BCUT2D eigenvalue weighted by Crippen LogP contribution is -2.50. The number of carbonyl (C=O) groups is 1. The Hall–Kier alpha value is -3.61. The van der Waals surface area contributed by atoms with Crippen molar-refractivity contribution in [3.63, 3.8) is 0 Å². The van der Waals surface area contributed by atoms with Crippen molar-refractivity contribution in [3.05, 3.63) is 65.7 Å². The molecule has 0 saturated carbocycles. The van der Waals surface area contributed by atoms with E-state index in [2.05, 4.69) is 47.1 Å². The van der Waals surface area contributed by atoms with Gasteiger partial charge in [-0.1, -0.05) is 23.8 Å². The van der Waals surface area contributed by atoms with Crippen LogP contribution in [-0.2, 0) is 4.79 Å². The molecule has 0 aliphatic carbocycles. The highest BCUT2D eigenvalue weighted by Crippen LogP contribution is 2.23. The number of amides is 1. The van der Waals surface area contributed by atoms with Crippen molar-refractivity contribution in [2.45, 2.75) is 20.8 Å². The van der Waals surface area contributed by atoms with E-state index < -0.39 is 0 Å². The molecule has 4 rings (SSSR count). The zero-order chi connectivity index (χ0) is 23.2. The smallest absolute Gasteiger partial charge is 0.260 e. The fraction of sp³-hybridized carbons (Fsp3) is 0.346. The van der Waals surface area contributed by atoms with Crippen molar-refractivity contribution in [2.75, 3.05) is 44.3 Å². The average Bonchev–Trinajstić information content (AvgIpc) is 2.84. The molecule has 7 nitrogen and oxygen atoms in total. The topological polar surface area (TPSA) is 67.8 Å². The second kappa shape index (κ2) is 10.3. The lowest BCUT2D eigenvalue weighted by molar-refractivity contribution is -0.133. The van der Waals surface area contributed by atoms with Gasteiger partial charge in [0.2, 0.25) is 0 Å². The number of hydrogen-bond donors (Lipinski definition) is 0. The zero-order valence-electron chi connectivity index (χ0n) is 19.5. The number of hydrogen-bond acceptors (Lipinski definition) is 6. The first-order chi connectivity index (χ1) is 16.0. The van der Waals surface area contributed by atoms with Gasteiger partial charge in [0, 0.05) is 31.7 Å². The molecular formula is C26H30N4O3. The van der Waals surface area contributed by atoms with Crippen molar-refractivity contribution < 1.29 is 14.3 Å². The Labute approximate surface area is 195 Å². The van der Waals surface area contributed by atoms with E-state index in [-0.39, 0.29) is 12.5 Å². The minimum atomic E-state index is -0.0141. The van der Waals surface area contributed by atoms with Gasteiger partial charge in [0.1, 0.15) is 11.5 Å². The summed E-state index contributed by atoms with van der Waals surface area (Å²) in [7, 11) is 0. The zero-order valence-corrected chi connectivity index (χ0v) is 19.5. The summed E-state index contributed by atoms with van der Waals surface area (Å²) in [6.45, 7) is 9.45. The molecule has 0 atom stereocenters. The molecular weight excluding hydrogens is 416 g/mol. The van der Waals surface area contributed by atoms with Crippen LogP contribution in [0.3, 0.4) is 0 Å². The first kappa shape index (κ1) is 22.6. The fourth-order valence-electron chi connectivity index (χ4n) is 3.96. The molecule has 7 heteroatoms. The Morgan fingerprint density at radius 3 is 2.18 bits per heavy atom. The molecule has 1 aliphatic rings. The van der Waals surface area contributed by atoms with Crippen LogP contribution in [0.4, 0.5) is 5.82 Å². The number of carbonyl (C=O) groups excluding carboxylic acids is 1. The van der Waals surface area contributed by atoms with Gasteiger partial charge in [-0.25, -0.2) is 0 Å². The molecule has 0 bridgehead atoms. The molecule has 0 N–H and O–H groups in total. The molecule has 172 valence electrons. The number of ether oxygens (including phenoxy) is 2. The molecule has 1 aliphatic heterocycles. The van der Waals surface area contributed by atoms with E-state index in [9.17, 15) is 4.79 Å². The first-order valence-corrected chi connectivity index (χ1v) is 11.3. The summed E-state index contributed by atoms with van der Waals surface area (Å²) in [5.74, 6) is 2.27. The van der Waals surface area contributed by atoms with Crippen molar-refractivity contribution in [1.82, 2.24) is 15.1 Å². The van der Waals surface area contributed by atoms with Crippen LogP contribution in [0.2, 0.25) is 0 Å². The van der Waals surface area contributed by atoms with Gasteiger partial charge in [0.25, 0.3) is 5.91 Å². The molecule has 1 fully saturated rings. The summed E-state index contributed by atoms with van der Waals surface area (Å²) in [4.78, 5) is 16.6. The maximum absolute atomic E-state index is 12.6. The number of nitrogens with zero attached hydrogens (tertiary/aromatic N) is 4. The van der Waals surface area contributed by atoms with E-state index in [1.54, 1.807) is 0 Å². The summed E-state index contributed by atoms with van der Waals surface area (Å²) >= 11 is 0. The molecule has 1 aromatic heterocycles. The van der Waals surface area contributed by atoms with E-state index in [1.165, 1.54) is 11.1 Å². The lowest BCUT2D eigenvalue weighted by Gasteiger charge is -2.35. The monoisotopic (exact) mass is 446 g/mol. The predicted molar refractivity (Wildman–Crippen MR) is 129 cm³/mol. The van der Waals surface area contributed by atoms with Crippen LogP contribution in [0.25, 0.3) is 11.3 Å². The Morgan fingerprint density at radius 2 is 1.58 bits per heavy atom. The van der Waals surface area contributed by atoms with E-state index in [1.807, 2.05) is 48.2 Å². The molecule has 1 amide bonds. The predicted octanol–water partition coefficient (Wildman–Crippen LogP) is 3.89. The third kappa shape index (κ3) is 5.61. The van der Waals surface area contributed by atoms with Gasteiger partial charge < -0.3 is 19.3 Å². The van der Waals surface area contributed by atoms with Crippen molar-refractivity contribution >= 4 is 11.7 Å². The summed E-state index contributed by atoms with van der Waals surface area (Å²) < 4.78 is 11.1. The van der Waals surface area contributed by atoms with Gasteiger partial charge >= 0.3 is 0 Å². The summed E-state index contributed by atoms with van der Waals surface area (Å²) in [6.07, 6.45) is 0. The standard InChI is InChI=1S/C26H30N4O3/c1-4-32-21-6-8-22(9-7-21)33-18-26(31)30-15-13-29(14-16-30)25-12-11-24(27-28-25)23-10-5-19(2)17-20(23)3/h5-12,17H,4,13-16,18H2,1-3H3. The largest absolute Gasteiger partial charge is 0.494 e. The molecule has 33 heavy (non-hydrogen) atoms. The Morgan fingerprint density at radius 1 is 0.879 bits per heavy atom. The lowest BCUT2D eigenvalue weighted by atomic mass is 10.0.